The van der Waals surface area contributed by atoms with E-state index in [-0.39, 0.29) is 12.3 Å². The molecular weight excluding hydrogens is 404 g/mol. The summed E-state index contributed by atoms with van der Waals surface area (Å²) in [5.74, 6) is 0.0955. The fourth-order valence-corrected chi connectivity index (χ4v) is 4.32. The zero-order valence-electron chi connectivity index (χ0n) is 15.9. The second-order valence-corrected chi connectivity index (χ2v) is 8.29. The van der Waals surface area contributed by atoms with E-state index in [2.05, 4.69) is 44.8 Å². The van der Waals surface area contributed by atoms with E-state index in [4.69, 9.17) is 9.15 Å². The molecule has 0 bridgehead atoms. The van der Waals surface area contributed by atoms with Gasteiger partial charge in [-0.3, -0.25) is 10.1 Å². The van der Waals surface area contributed by atoms with Gasteiger partial charge in [-0.25, -0.2) is 9.78 Å². The molecule has 0 saturated carbocycles. The van der Waals surface area contributed by atoms with Gasteiger partial charge in [0.2, 0.25) is 11.8 Å². The summed E-state index contributed by atoms with van der Waals surface area (Å²) in [6.07, 6.45) is -0.375. The molecule has 2 aromatic carbocycles. The average Bonchev–Trinajstić information content (AvgIpc) is 3.39. The quantitative estimate of drug-likeness (QED) is 0.526. The number of carbonyl (C=O) groups excluding carboxylic acids is 2. The number of amides is 2. The first-order valence-corrected chi connectivity index (χ1v) is 10.1. The molecule has 1 N–H and O–H groups in total. The number of ether oxygens (including phenoxy) is 1. The number of benzene rings is 2. The number of imide groups is 1. The van der Waals surface area contributed by atoms with Crippen LogP contribution in [0.1, 0.15) is 23.7 Å². The summed E-state index contributed by atoms with van der Waals surface area (Å²) in [7, 11) is 0. The molecule has 150 valence electrons. The maximum Gasteiger partial charge on any atom is 0.415 e. The van der Waals surface area contributed by atoms with Gasteiger partial charge in [0.05, 0.1) is 23.1 Å². The Morgan fingerprint density at radius 1 is 1.03 bits per heavy atom. The summed E-state index contributed by atoms with van der Waals surface area (Å²) in [5, 5.41) is 11.0. The fourth-order valence-electron chi connectivity index (χ4n) is 3.33. The van der Waals surface area contributed by atoms with Gasteiger partial charge >= 0.3 is 6.09 Å². The van der Waals surface area contributed by atoms with Gasteiger partial charge in [-0.1, -0.05) is 36.4 Å². The van der Waals surface area contributed by atoms with Gasteiger partial charge in [-0.2, -0.15) is 0 Å². The molecule has 1 fully saturated rings. The maximum atomic E-state index is 11.9. The van der Waals surface area contributed by atoms with Crippen LogP contribution < -0.4 is 5.32 Å². The maximum absolute atomic E-state index is 11.9. The Labute approximate surface area is 174 Å². The molecule has 30 heavy (non-hydrogen) atoms. The van der Waals surface area contributed by atoms with Gasteiger partial charge in [-0.15, -0.1) is 21.5 Å². The molecular formula is C21H16N4O4S. The van der Waals surface area contributed by atoms with E-state index >= 15 is 0 Å². The molecule has 5 rings (SSSR count). The van der Waals surface area contributed by atoms with Crippen molar-refractivity contribution >= 4 is 33.6 Å². The third-order valence-corrected chi connectivity index (χ3v) is 5.87. The molecule has 2 amide bonds. The Bertz CT molecular complexity index is 1270. The van der Waals surface area contributed by atoms with Crippen molar-refractivity contribution in [2.75, 3.05) is 0 Å². The highest BCUT2D eigenvalue weighted by Crippen LogP contribution is 2.29. The van der Waals surface area contributed by atoms with Gasteiger partial charge in [-0.05, 0) is 30.2 Å². The number of carbonyl (C=O) groups is 2. The van der Waals surface area contributed by atoms with Crippen molar-refractivity contribution in [1.29, 1.82) is 0 Å². The number of thiazole rings is 1. The lowest BCUT2D eigenvalue weighted by Gasteiger charge is -2.15. The van der Waals surface area contributed by atoms with Crippen molar-refractivity contribution < 1.29 is 18.7 Å². The summed E-state index contributed by atoms with van der Waals surface area (Å²) in [4.78, 5) is 27.8. The van der Waals surface area contributed by atoms with Crippen LogP contribution in [-0.4, -0.2) is 32.8 Å². The molecule has 1 aliphatic rings. The lowest BCUT2D eigenvalue weighted by molar-refractivity contribution is -0.130. The number of fused-ring (bicyclic) bond motifs is 1. The Morgan fingerprint density at radius 2 is 1.83 bits per heavy atom. The first-order chi connectivity index (χ1) is 14.5. The number of hydrogen-bond acceptors (Lipinski definition) is 8. The lowest BCUT2D eigenvalue weighted by atomic mass is 10.0. The number of rotatable bonds is 5. The summed E-state index contributed by atoms with van der Waals surface area (Å²) < 4.78 is 11.8. The van der Waals surface area contributed by atoms with E-state index in [1.807, 2.05) is 24.3 Å². The Balaban J connectivity index is 1.34. The standard InChI is InChI=1S/C21H16N4O4S/c1-21(19(26)23-20(27)29-21)11-17-25-24-16(28-17)10-18-22-14-8-7-13(9-15(14)30-18)12-5-3-2-4-6-12/h2-9H,10-11H2,1H3,(H,23,26,27)/t21-/m1/s1. The van der Waals surface area contributed by atoms with Crippen molar-refractivity contribution in [3.8, 4) is 11.1 Å². The van der Waals surface area contributed by atoms with Crippen LogP contribution in [0.4, 0.5) is 4.79 Å². The van der Waals surface area contributed by atoms with E-state index in [9.17, 15) is 9.59 Å². The van der Waals surface area contributed by atoms with E-state index < -0.39 is 17.6 Å². The zero-order chi connectivity index (χ0) is 20.7. The molecule has 1 aliphatic heterocycles. The Kier molecular flexibility index (Phi) is 4.32. The summed E-state index contributed by atoms with van der Waals surface area (Å²) >= 11 is 1.57. The highest BCUT2D eigenvalue weighted by molar-refractivity contribution is 7.18. The second-order valence-electron chi connectivity index (χ2n) is 7.17. The third-order valence-electron chi connectivity index (χ3n) is 4.85. The van der Waals surface area contributed by atoms with Crippen LogP contribution in [-0.2, 0) is 22.4 Å². The number of nitrogens with one attached hydrogen (secondary N) is 1. The van der Waals surface area contributed by atoms with E-state index in [1.165, 1.54) is 6.92 Å². The first kappa shape index (κ1) is 18.4. The Morgan fingerprint density at radius 3 is 2.60 bits per heavy atom. The highest BCUT2D eigenvalue weighted by atomic mass is 32.1. The molecule has 0 unspecified atom stereocenters. The van der Waals surface area contributed by atoms with Gasteiger partial charge in [0, 0.05) is 0 Å². The van der Waals surface area contributed by atoms with Crippen molar-refractivity contribution in [3.05, 3.63) is 65.3 Å². The van der Waals surface area contributed by atoms with E-state index in [0.29, 0.717) is 12.3 Å². The highest BCUT2D eigenvalue weighted by Gasteiger charge is 2.46. The molecule has 2 aromatic heterocycles. The SMILES string of the molecule is C[C@]1(Cc2nnc(Cc3nc4ccc(-c5ccccc5)cc4s3)o2)OC(=O)NC1=O. The zero-order valence-corrected chi connectivity index (χ0v) is 16.7. The average molecular weight is 420 g/mol. The number of aromatic nitrogens is 3. The number of nitrogens with zero attached hydrogens (tertiary/aromatic N) is 3. The summed E-state index contributed by atoms with van der Waals surface area (Å²) in [5.41, 5.74) is 1.86. The van der Waals surface area contributed by atoms with Gasteiger partial charge in [0.1, 0.15) is 5.01 Å². The molecule has 0 spiro atoms. The topological polar surface area (TPSA) is 107 Å². The first-order valence-electron chi connectivity index (χ1n) is 9.29. The fraction of sp³-hybridized carbons (Fsp3) is 0.190. The van der Waals surface area contributed by atoms with Gasteiger partial charge < -0.3 is 9.15 Å². The van der Waals surface area contributed by atoms with Gasteiger partial charge in [0.25, 0.3) is 5.91 Å². The van der Waals surface area contributed by atoms with Gasteiger partial charge in [0.15, 0.2) is 5.60 Å². The number of cyclic esters (lactones) is 1. The van der Waals surface area contributed by atoms with E-state index in [0.717, 1.165) is 26.4 Å². The number of hydrogen-bond donors (Lipinski definition) is 1. The summed E-state index contributed by atoms with van der Waals surface area (Å²) in [6.45, 7) is 1.51. The smallest absolute Gasteiger partial charge is 0.415 e. The van der Waals surface area contributed by atoms with E-state index in [1.54, 1.807) is 11.3 Å². The van der Waals surface area contributed by atoms with Crippen LogP contribution in [0.5, 0.6) is 0 Å². The minimum atomic E-state index is -1.34. The molecule has 9 heteroatoms. The van der Waals surface area contributed by atoms with Crippen LogP contribution in [0, 0.1) is 0 Å². The molecule has 1 saturated heterocycles. The predicted molar refractivity (Wildman–Crippen MR) is 109 cm³/mol. The second kappa shape index (κ2) is 7.03. The largest absolute Gasteiger partial charge is 0.432 e. The van der Waals surface area contributed by atoms with Crippen LogP contribution in [0.15, 0.2) is 52.9 Å². The summed E-state index contributed by atoms with van der Waals surface area (Å²) in [6, 6.07) is 16.4. The molecule has 1 atom stereocenters. The molecule has 0 aliphatic carbocycles. The Hall–Kier alpha value is -3.59. The number of alkyl carbamates (subject to hydrolysis) is 1. The normalized spacial score (nSPS) is 18.6. The van der Waals surface area contributed by atoms with Crippen LogP contribution in [0.25, 0.3) is 21.3 Å². The predicted octanol–water partition coefficient (Wildman–Crippen LogP) is 3.50. The monoisotopic (exact) mass is 420 g/mol. The third kappa shape index (κ3) is 3.43. The van der Waals surface area contributed by atoms with Crippen molar-refractivity contribution in [3.63, 3.8) is 0 Å². The van der Waals surface area contributed by atoms with Crippen LogP contribution in [0.3, 0.4) is 0 Å². The van der Waals surface area contributed by atoms with Crippen LogP contribution >= 0.6 is 11.3 Å². The molecule has 8 nitrogen and oxygen atoms in total. The van der Waals surface area contributed by atoms with Crippen LogP contribution in [0.2, 0.25) is 0 Å². The molecule has 4 aromatic rings. The molecule has 3 heterocycles. The lowest BCUT2D eigenvalue weighted by Crippen LogP contribution is -2.38. The van der Waals surface area contributed by atoms with Crippen molar-refractivity contribution in [2.45, 2.75) is 25.4 Å². The minimum Gasteiger partial charge on any atom is -0.432 e. The van der Waals surface area contributed by atoms with Crippen molar-refractivity contribution in [2.24, 2.45) is 0 Å². The molecule has 0 radical (unpaired) electrons. The minimum absolute atomic E-state index is 0.0118. The van der Waals surface area contributed by atoms with Crippen molar-refractivity contribution in [1.82, 2.24) is 20.5 Å².